The third kappa shape index (κ3) is 6.03. The molecule has 4 aromatic heterocycles. The number of nitrogens with one attached hydrogen (secondary N) is 2. The Hall–Kier alpha value is -4.52. The number of hydrogen-bond acceptors (Lipinski definition) is 8. The second kappa shape index (κ2) is 13.1. The van der Waals surface area contributed by atoms with Crippen molar-refractivity contribution in [2.24, 2.45) is 0 Å². The summed E-state index contributed by atoms with van der Waals surface area (Å²) in [5, 5.41) is 13.1. The molecule has 6 rings (SSSR count). The normalized spacial score (nSPS) is 15.5. The van der Waals surface area contributed by atoms with Gasteiger partial charge in [-0.05, 0) is 56.1 Å². The Morgan fingerprint density at radius 2 is 2.07 bits per heavy atom. The van der Waals surface area contributed by atoms with E-state index in [4.69, 9.17) is 19.4 Å². The smallest absolute Gasteiger partial charge is 0.243 e. The molecule has 5 heterocycles. The molecule has 12 heteroatoms. The summed E-state index contributed by atoms with van der Waals surface area (Å²) in [6.07, 6.45) is 3.88. The van der Waals surface area contributed by atoms with Crippen molar-refractivity contribution in [3.63, 3.8) is 0 Å². The van der Waals surface area contributed by atoms with Crippen molar-refractivity contribution < 1.29 is 23.0 Å². The standard InChI is InChI=1S/C34H34F2N6O3S/c1-6-29(43)38-19(3)25-15-27(41-40-25)33-31(30-24(36)13-22(35)14-28(30)45-9-8-44-5)34-23(7-10-46-34)32(39-33)20-12-21-17-42(4)18(2)11-26(21)37-16-20/h6-7,10,12-16,18-19H,1,8-9,11,17H2,2-5H3,(H,38,43)(H,40,41). The minimum Gasteiger partial charge on any atom is -0.490 e. The average Bonchev–Trinajstić information content (AvgIpc) is 3.72. The zero-order valence-electron chi connectivity index (χ0n) is 26.0. The van der Waals surface area contributed by atoms with Gasteiger partial charge in [-0.15, -0.1) is 11.3 Å². The molecule has 2 unspecified atom stereocenters. The molecule has 5 aromatic rings. The number of benzene rings is 1. The first-order valence-electron chi connectivity index (χ1n) is 14.9. The highest BCUT2D eigenvalue weighted by Gasteiger charge is 2.28. The van der Waals surface area contributed by atoms with Crippen molar-refractivity contribution in [3.05, 3.63) is 83.1 Å². The van der Waals surface area contributed by atoms with E-state index >= 15 is 4.39 Å². The van der Waals surface area contributed by atoms with E-state index < -0.39 is 17.7 Å². The highest BCUT2D eigenvalue weighted by molar-refractivity contribution is 7.18. The molecule has 1 aromatic carbocycles. The molecule has 1 amide bonds. The van der Waals surface area contributed by atoms with E-state index in [9.17, 15) is 9.18 Å². The SMILES string of the molecule is C=CC(=O)NC(C)c1cc(-c2nc(-c3cnc4c(c3)CN(C)C(C)C4)c3ccsc3c2-c2c(F)cc(F)cc2OCCOC)n[nH]1. The van der Waals surface area contributed by atoms with E-state index in [0.717, 1.165) is 45.9 Å². The molecule has 0 saturated heterocycles. The highest BCUT2D eigenvalue weighted by Crippen LogP contribution is 2.47. The summed E-state index contributed by atoms with van der Waals surface area (Å²) < 4.78 is 42.3. The van der Waals surface area contributed by atoms with Gasteiger partial charge in [-0.1, -0.05) is 6.58 Å². The van der Waals surface area contributed by atoms with Crippen molar-refractivity contribution in [1.82, 2.24) is 30.4 Å². The van der Waals surface area contributed by atoms with Crippen LogP contribution in [0.2, 0.25) is 0 Å². The molecule has 2 N–H and O–H groups in total. The van der Waals surface area contributed by atoms with Gasteiger partial charge in [0.1, 0.15) is 35.4 Å². The van der Waals surface area contributed by atoms with Gasteiger partial charge in [-0.3, -0.25) is 19.8 Å². The Bertz CT molecular complexity index is 1940. The Kier molecular flexibility index (Phi) is 8.94. The van der Waals surface area contributed by atoms with Crippen LogP contribution in [0, 0.1) is 11.6 Å². The number of thiophene rings is 1. The molecule has 1 aliphatic rings. The summed E-state index contributed by atoms with van der Waals surface area (Å²) in [4.78, 5) is 24.3. The number of rotatable bonds is 10. The fourth-order valence-corrected chi connectivity index (χ4v) is 6.63. The molecule has 0 spiro atoms. The summed E-state index contributed by atoms with van der Waals surface area (Å²) in [6.45, 7) is 8.58. The van der Waals surface area contributed by atoms with Crippen molar-refractivity contribution in [2.45, 2.75) is 38.9 Å². The molecule has 0 aliphatic carbocycles. The maximum absolute atomic E-state index is 16.0. The van der Waals surface area contributed by atoms with Gasteiger partial charge >= 0.3 is 0 Å². The number of likely N-dealkylation sites (N-methyl/N-ethyl adjacent to an activating group) is 1. The first-order valence-corrected chi connectivity index (χ1v) is 15.8. The van der Waals surface area contributed by atoms with E-state index in [-0.39, 0.29) is 30.4 Å². The molecule has 46 heavy (non-hydrogen) atoms. The average molecular weight is 645 g/mol. The van der Waals surface area contributed by atoms with Crippen LogP contribution in [0.4, 0.5) is 8.78 Å². The van der Waals surface area contributed by atoms with Crippen molar-refractivity contribution in [2.75, 3.05) is 27.4 Å². The Morgan fingerprint density at radius 3 is 2.85 bits per heavy atom. The van der Waals surface area contributed by atoms with E-state index in [2.05, 4.69) is 47.0 Å². The van der Waals surface area contributed by atoms with Crippen LogP contribution >= 0.6 is 11.3 Å². The number of carbonyl (C=O) groups excluding carboxylic acids is 1. The fraction of sp³-hybridized carbons (Fsp3) is 0.294. The van der Waals surface area contributed by atoms with Crippen molar-refractivity contribution in [3.8, 4) is 39.5 Å². The van der Waals surface area contributed by atoms with Gasteiger partial charge in [0, 0.05) is 71.4 Å². The van der Waals surface area contributed by atoms with Crippen LogP contribution in [0.15, 0.2) is 54.6 Å². The molecule has 9 nitrogen and oxygen atoms in total. The molecule has 0 fully saturated rings. The van der Waals surface area contributed by atoms with Crippen LogP contribution in [0.25, 0.3) is 43.9 Å². The van der Waals surface area contributed by atoms with Gasteiger partial charge in [-0.25, -0.2) is 13.8 Å². The Labute approximate surface area is 269 Å². The third-order valence-electron chi connectivity index (χ3n) is 8.27. The summed E-state index contributed by atoms with van der Waals surface area (Å²) in [6, 6.07) is 7.78. The molecule has 0 radical (unpaired) electrons. The Morgan fingerprint density at radius 1 is 1.24 bits per heavy atom. The number of aromatic nitrogens is 4. The number of H-pyrrole nitrogens is 1. The number of halogens is 2. The number of hydrogen-bond donors (Lipinski definition) is 2. The van der Waals surface area contributed by atoms with E-state index in [1.54, 1.807) is 13.0 Å². The van der Waals surface area contributed by atoms with Gasteiger partial charge in [0.15, 0.2) is 0 Å². The molecule has 1 aliphatic heterocycles. The summed E-state index contributed by atoms with van der Waals surface area (Å²) >= 11 is 1.41. The van der Waals surface area contributed by atoms with E-state index in [1.807, 2.05) is 17.6 Å². The first kappa shape index (κ1) is 31.5. The molecule has 0 saturated carbocycles. The van der Waals surface area contributed by atoms with Crippen LogP contribution in [-0.2, 0) is 22.5 Å². The predicted octanol–water partition coefficient (Wildman–Crippen LogP) is 6.46. The quantitative estimate of drug-likeness (QED) is 0.133. The number of methoxy groups -OCH3 is 1. The van der Waals surface area contributed by atoms with Crippen molar-refractivity contribution >= 4 is 27.3 Å². The summed E-state index contributed by atoms with van der Waals surface area (Å²) in [5.41, 5.74) is 5.52. The van der Waals surface area contributed by atoms with E-state index in [1.165, 1.54) is 30.6 Å². The number of aromatic amines is 1. The van der Waals surface area contributed by atoms with Gasteiger partial charge in [-0.2, -0.15) is 5.10 Å². The largest absolute Gasteiger partial charge is 0.490 e. The van der Waals surface area contributed by atoms with Crippen LogP contribution in [0.3, 0.4) is 0 Å². The summed E-state index contributed by atoms with van der Waals surface area (Å²) in [7, 11) is 3.62. The minimum absolute atomic E-state index is 0.0232. The summed E-state index contributed by atoms with van der Waals surface area (Å²) in [5.74, 6) is -1.88. The number of carbonyl (C=O) groups is 1. The van der Waals surface area contributed by atoms with Gasteiger partial charge in [0.25, 0.3) is 0 Å². The number of pyridine rings is 2. The van der Waals surface area contributed by atoms with Gasteiger partial charge in [0.2, 0.25) is 5.91 Å². The topological polar surface area (TPSA) is 105 Å². The lowest BCUT2D eigenvalue weighted by atomic mass is 9.95. The second-order valence-corrected chi connectivity index (χ2v) is 12.3. The lowest BCUT2D eigenvalue weighted by Crippen LogP contribution is -2.35. The maximum atomic E-state index is 16.0. The molecule has 0 bridgehead atoms. The third-order valence-corrected chi connectivity index (χ3v) is 9.20. The lowest BCUT2D eigenvalue weighted by molar-refractivity contribution is -0.117. The van der Waals surface area contributed by atoms with Gasteiger partial charge < -0.3 is 14.8 Å². The van der Waals surface area contributed by atoms with E-state index in [0.29, 0.717) is 34.4 Å². The molecule has 238 valence electrons. The number of fused-ring (bicyclic) bond motifs is 2. The molecule has 2 atom stereocenters. The fourth-order valence-electron chi connectivity index (χ4n) is 5.68. The first-order chi connectivity index (χ1) is 22.2. The second-order valence-electron chi connectivity index (χ2n) is 11.4. The number of ether oxygens (including phenoxy) is 2. The maximum Gasteiger partial charge on any atom is 0.243 e. The van der Waals surface area contributed by atoms with Crippen LogP contribution < -0.4 is 10.1 Å². The monoisotopic (exact) mass is 644 g/mol. The minimum atomic E-state index is -0.798. The number of amides is 1. The van der Waals surface area contributed by atoms with Crippen molar-refractivity contribution in [1.29, 1.82) is 0 Å². The van der Waals surface area contributed by atoms with Crippen LogP contribution in [-0.4, -0.2) is 64.4 Å². The van der Waals surface area contributed by atoms with Crippen LogP contribution in [0.5, 0.6) is 5.75 Å². The number of nitrogens with zero attached hydrogens (tertiary/aromatic N) is 4. The van der Waals surface area contributed by atoms with Gasteiger partial charge in [0.05, 0.1) is 29.6 Å². The molecular formula is C34H34F2N6O3S. The predicted molar refractivity (Wildman–Crippen MR) is 175 cm³/mol. The zero-order valence-corrected chi connectivity index (χ0v) is 26.8. The lowest BCUT2D eigenvalue weighted by Gasteiger charge is -2.31. The highest BCUT2D eigenvalue weighted by atomic mass is 32.1. The zero-order chi connectivity index (χ0) is 32.5. The van der Waals surface area contributed by atoms with Crippen LogP contribution in [0.1, 0.15) is 36.8 Å². The molecular weight excluding hydrogens is 610 g/mol. The Balaban J connectivity index is 1.59.